The van der Waals surface area contributed by atoms with Crippen molar-refractivity contribution in [3.05, 3.63) is 11.6 Å². The second kappa shape index (κ2) is 7.55. The monoisotopic (exact) mass is 330 g/mol. The molecule has 0 saturated carbocycles. The lowest BCUT2D eigenvalue weighted by Gasteiger charge is -2.41. The quantitative estimate of drug-likeness (QED) is 0.608. The van der Waals surface area contributed by atoms with E-state index in [2.05, 4.69) is 15.2 Å². The number of aromatic nitrogens is 1. The van der Waals surface area contributed by atoms with Gasteiger partial charge in [0.1, 0.15) is 0 Å². The van der Waals surface area contributed by atoms with Crippen LogP contribution in [0, 0.1) is 0 Å². The molecule has 0 radical (unpaired) electrons. The van der Waals surface area contributed by atoms with Crippen LogP contribution in [-0.4, -0.2) is 79.6 Å². The van der Waals surface area contributed by atoms with Gasteiger partial charge in [0, 0.05) is 38.3 Å². The number of carbonyl (C=O) groups excluding carboxylic acids is 1. The summed E-state index contributed by atoms with van der Waals surface area (Å²) in [5.74, 6) is -0.000748. The summed E-state index contributed by atoms with van der Waals surface area (Å²) in [4.78, 5) is 20.5. The average molecular weight is 330 g/mol. The molecule has 0 aliphatic carbocycles. The van der Waals surface area contributed by atoms with Gasteiger partial charge in [0.15, 0.2) is 9.21 Å². The molecular weight excluding hydrogens is 308 g/mol. The summed E-state index contributed by atoms with van der Waals surface area (Å²) < 4.78 is 6.30. The number of likely N-dealkylation sites (N-methyl/N-ethyl adjacent to an activating group) is 2. The number of hydrogen-bond acceptors (Lipinski definition) is 7. The minimum Gasteiger partial charge on any atom is -0.379 e. The molecule has 0 bridgehead atoms. The van der Waals surface area contributed by atoms with Gasteiger partial charge in [-0.1, -0.05) is 11.8 Å². The van der Waals surface area contributed by atoms with E-state index in [1.165, 1.54) is 11.8 Å². The van der Waals surface area contributed by atoms with Crippen LogP contribution in [0.4, 0.5) is 0 Å². The van der Waals surface area contributed by atoms with Crippen LogP contribution in [0.5, 0.6) is 0 Å². The summed E-state index contributed by atoms with van der Waals surface area (Å²) in [5, 5.41) is 4.74. The first kappa shape index (κ1) is 16.7. The number of nitrogens with one attached hydrogen (secondary N) is 1. The Kier molecular flexibility index (Phi) is 6.00. The van der Waals surface area contributed by atoms with Crippen LogP contribution in [0.25, 0.3) is 0 Å². The fourth-order valence-electron chi connectivity index (χ4n) is 2.25. The molecule has 2 heterocycles. The Labute approximate surface area is 133 Å². The van der Waals surface area contributed by atoms with Crippen molar-refractivity contribution in [3.63, 3.8) is 0 Å². The number of hydrogen-bond donors (Lipinski definition) is 1. The van der Waals surface area contributed by atoms with Crippen LogP contribution in [0.1, 0.15) is 0 Å². The van der Waals surface area contributed by atoms with Crippen molar-refractivity contribution in [2.45, 2.75) is 9.21 Å². The maximum absolute atomic E-state index is 12.6. The lowest BCUT2D eigenvalue weighted by atomic mass is 10.2. The minimum atomic E-state index is -0.691. The van der Waals surface area contributed by atoms with Crippen molar-refractivity contribution in [1.82, 2.24) is 20.1 Å². The zero-order valence-corrected chi connectivity index (χ0v) is 14.3. The van der Waals surface area contributed by atoms with E-state index in [0.717, 1.165) is 30.6 Å². The van der Waals surface area contributed by atoms with Gasteiger partial charge >= 0.3 is 0 Å². The predicted molar refractivity (Wildman–Crippen MR) is 85.7 cm³/mol. The highest BCUT2D eigenvalue weighted by atomic mass is 32.2. The van der Waals surface area contributed by atoms with E-state index < -0.39 is 4.87 Å². The van der Waals surface area contributed by atoms with Crippen molar-refractivity contribution in [1.29, 1.82) is 0 Å². The molecule has 1 aliphatic heterocycles. The van der Waals surface area contributed by atoms with Crippen molar-refractivity contribution in [2.75, 3.05) is 54.0 Å². The van der Waals surface area contributed by atoms with Crippen LogP contribution in [-0.2, 0) is 9.53 Å². The lowest BCUT2D eigenvalue weighted by Crippen LogP contribution is -2.60. The number of ether oxygens (including phenoxy) is 1. The molecule has 21 heavy (non-hydrogen) atoms. The molecule has 8 heteroatoms. The molecule has 118 valence electrons. The molecule has 1 aromatic rings. The Morgan fingerprint density at radius 2 is 2.29 bits per heavy atom. The van der Waals surface area contributed by atoms with Crippen LogP contribution >= 0.6 is 23.1 Å². The van der Waals surface area contributed by atoms with E-state index in [-0.39, 0.29) is 5.91 Å². The molecule has 6 nitrogen and oxygen atoms in total. The van der Waals surface area contributed by atoms with E-state index in [0.29, 0.717) is 6.54 Å². The van der Waals surface area contributed by atoms with Crippen LogP contribution < -0.4 is 5.32 Å². The highest BCUT2D eigenvalue weighted by molar-refractivity contribution is 8.03. The van der Waals surface area contributed by atoms with E-state index in [1.807, 2.05) is 24.4 Å². The van der Waals surface area contributed by atoms with Crippen molar-refractivity contribution >= 4 is 29.0 Å². The number of thiazole rings is 1. The zero-order chi connectivity index (χ0) is 15.3. The normalized spacial score (nSPS) is 19.4. The first-order chi connectivity index (χ1) is 10.1. The summed E-state index contributed by atoms with van der Waals surface area (Å²) in [6.07, 6.45) is 1.77. The molecule has 1 aromatic heterocycles. The highest BCUT2D eigenvalue weighted by Crippen LogP contribution is 2.37. The molecule has 0 spiro atoms. The Bertz CT molecular complexity index is 449. The number of amides is 1. The molecule has 1 atom stereocenters. The van der Waals surface area contributed by atoms with E-state index in [4.69, 9.17) is 4.74 Å². The van der Waals surface area contributed by atoms with Gasteiger partial charge in [-0.25, -0.2) is 4.98 Å². The Morgan fingerprint density at radius 3 is 2.81 bits per heavy atom. The first-order valence-corrected chi connectivity index (χ1v) is 8.56. The van der Waals surface area contributed by atoms with E-state index >= 15 is 0 Å². The van der Waals surface area contributed by atoms with Crippen LogP contribution in [0.2, 0.25) is 0 Å². The molecule has 2 rings (SSSR count). The van der Waals surface area contributed by atoms with Crippen LogP contribution in [0.3, 0.4) is 0 Å². The second-order valence-electron chi connectivity index (χ2n) is 5.05. The maximum Gasteiger partial charge on any atom is 0.252 e. The van der Waals surface area contributed by atoms with E-state index in [9.17, 15) is 4.79 Å². The molecule has 1 amide bonds. The molecule has 0 aromatic carbocycles. The van der Waals surface area contributed by atoms with Gasteiger partial charge in [-0.3, -0.25) is 14.6 Å². The Morgan fingerprint density at radius 1 is 1.57 bits per heavy atom. The standard InChI is InChI=1S/C13H22N4O2S2/c1-14-11(18)13(16(2)3,21-12-15-4-9-20-12)10-17-5-7-19-8-6-17/h4,9H,5-8,10H2,1-3H3,(H,14,18). The van der Waals surface area contributed by atoms with Gasteiger partial charge in [-0.2, -0.15) is 0 Å². The number of carbonyl (C=O) groups is 1. The smallest absolute Gasteiger partial charge is 0.252 e. The first-order valence-electron chi connectivity index (χ1n) is 6.86. The topological polar surface area (TPSA) is 57.7 Å². The van der Waals surface area contributed by atoms with Crippen molar-refractivity contribution in [3.8, 4) is 0 Å². The third-order valence-corrected chi connectivity index (χ3v) is 5.91. The van der Waals surface area contributed by atoms with Crippen LogP contribution in [0.15, 0.2) is 15.9 Å². The molecule has 1 fully saturated rings. The zero-order valence-electron chi connectivity index (χ0n) is 12.7. The third kappa shape index (κ3) is 3.95. The summed E-state index contributed by atoms with van der Waals surface area (Å²) in [7, 11) is 5.56. The Hall–Kier alpha value is -0.670. The highest BCUT2D eigenvalue weighted by Gasteiger charge is 2.44. The number of thioether (sulfide) groups is 1. The molecule has 1 N–H and O–H groups in total. The molecule has 1 saturated heterocycles. The van der Waals surface area contributed by atoms with Gasteiger partial charge < -0.3 is 10.1 Å². The third-order valence-electron chi connectivity index (χ3n) is 3.51. The number of morpholine rings is 1. The van der Waals surface area contributed by atoms with E-state index in [1.54, 1.807) is 24.6 Å². The summed E-state index contributed by atoms with van der Waals surface area (Å²) in [6.45, 7) is 3.79. The largest absolute Gasteiger partial charge is 0.379 e. The summed E-state index contributed by atoms with van der Waals surface area (Å²) >= 11 is 3.08. The number of rotatable bonds is 6. The van der Waals surface area contributed by atoms with Crippen molar-refractivity contribution < 1.29 is 9.53 Å². The van der Waals surface area contributed by atoms with Gasteiger partial charge in [-0.15, -0.1) is 11.3 Å². The Balaban J connectivity index is 2.23. The minimum absolute atomic E-state index is 0.000748. The van der Waals surface area contributed by atoms with Gasteiger partial charge in [0.2, 0.25) is 0 Å². The SMILES string of the molecule is CNC(=O)C(CN1CCOCC1)(Sc1nccs1)N(C)C. The second-order valence-corrected chi connectivity index (χ2v) is 7.47. The number of nitrogens with zero attached hydrogens (tertiary/aromatic N) is 3. The molecule has 1 unspecified atom stereocenters. The van der Waals surface area contributed by atoms with Gasteiger partial charge in [-0.05, 0) is 14.1 Å². The fourth-order valence-corrected chi connectivity index (χ4v) is 4.41. The average Bonchev–Trinajstić information content (AvgIpc) is 2.99. The molecule has 1 aliphatic rings. The predicted octanol–water partition coefficient (Wildman–Crippen LogP) is 0.571. The van der Waals surface area contributed by atoms with Gasteiger partial charge in [0.25, 0.3) is 5.91 Å². The fraction of sp³-hybridized carbons (Fsp3) is 0.692. The van der Waals surface area contributed by atoms with Crippen molar-refractivity contribution in [2.24, 2.45) is 0 Å². The molecular formula is C13H22N4O2S2. The maximum atomic E-state index is 12.6. The summed E-state index contributed by atoms with van der Waals surface area (Å²) in [5.41, 5.74) is 0. The van der Waals surface area contributed by atoms with Gasteiger partial charge in [0.05, 0.1) is 13.2 Å². The lowest BCUT2D eigenvalue weighted by molar-refractivity contribution is -0.128. The summed E-state index contributed by atoms with van der Waals surface area (Å²) in [6, 6.07) is 0.